The summed E-state index contributed by atoms with van der Waals surface area (Å²) in [6, 6.07) is -4.02. The Balaban J connectivity index is 1.60. The van der Waals surface area contributed by atoms with Crippen molar-refractivity contribution in [2.75, 3.05) is 19.7 Å². The number of nitrogens with one attached hydrogen (secondary N) is 1. The number of carbonyl (C=O) groups excluding carboxylic acids is 3. The minimum Gasteiger partial charge on any atom is -0.477 e. The summed E-state index contributed by atoms with van der Waals surface area (Å²) in [4.78, 5) is 59.9. The van der Waals surface area contributed by atoms with Crippen LogP contribution in [0.4, 0.5) is 22.8 Å². The van der Waals surface area contributed by atoms with Gasteiger partial charge in [0.15, 0.2) is 0 Å². The molecule has 2 fully saturated rings. The van der Waals surface area contributed by atoms with E-state index in [0.717, 1.165) is 9.80 Å². The Hall–Kier alpha value is -3.07. The predicted octanol–water partition coefficient (Wildman–Crippen LogP) is 1.43. The van der Waals surface area contributed by atoms with Gasteiger partial charge in [-0.15, -0.1) is 0 Å². The van der Waals surface area contributed by atoms with E-state index < -0.39 is 79.6 Å². The summed E-state index contributed by atoms with van der Waals surface area (Å²) in [5, 5.41) is 9.20. The van der Waals surface area contributed by atoms with Gasteiger partial charge in [0.1, 0.15) is 11.6 Å². The molecule has 0 aliphatic carbocycles. The monoisotopic (exact) mass is 508 g/mol. The molecule has 4 amide bonds. The summed E-state index contributed by atoms with van der Waals surface area (Å²) in [7, 11) is 0. The van der Waals surface area contributed by atoms with Gasteiger partial charge in [0.05, 0.1) is 31.8 Å². The number of ether oxygens (including phenoxy) is 1. The number of hydroxylamine groups is 3. The fraction of sp³-hybridized carbons (Fsp3) is 0.700. The van der Waals surface area contributed by atoms with E-state index in [1.54, 1.807) is 20.8 Å². The average Bonchev–Trinajstić information content (AvgIpc) is 3.15. The summed E-state index contributed by atoms with van der Waals surface area (Å²) in [6.45, 7) is 4.89. The third-order valence-electron chi connectivity index (χ3n) is 5.42. The number of carbonyl (C=O) groups is 4. The molecule has 1 unspecified atom stereocenters. The van der Waals surface area contributed by atoms with E-state index in [9.17, 15) is 32.3 Å². The lowest BCUT2D eigenvalue weighted by Gasteiger charge is -2.30. The summed E-state index contributed by atoms with van der Waals surface area (Å²) in [5.74, 6) is -5.91. The molecule has 3 aliphatic heterocycles. The van der Waals surface area contributed by atoms with Crippen molar-refractivity contribution >= 4 is 24.0 Å². The second-order valence-corrected chi connectivity index (χ2v) is 9.50. The Bertz CT molecular complexity index is 925. The van der Waals surface area contributed by atoms with E-state index in [1.165, 1.54) is 13.0 Å². The normalized spacial score (nSPS) is 26.5. The van der Waals surface area contributed by atoms with E-state index in [-0.39, 0.29) is 6.54 Å². The van der Waals surface area contributed by atoms with Gasteiger partial charge in [0.25, 0.3) is 11.8 Å². The zero-order valence-corrected chi connectivity index (χ0v) is 19.5. The van der Waals surface area contributed by atoms with Gasteiger partial charge in [-0.2, -0.15) is 5.06 Å². The molecule has 0 spiro atoms. The fourth-order valence-electron chi connectivity index (χ4n) is 4.06. The van der Waals surface area contributed by atoms with Gasteiger partial charge in [0, 0.05) is 6.42 Å². The third kappa shape index (κ3) is 5.96. The maximum atomic E-state index is 14.0. The van der Waals surface area contributed by atoms with Gasteiger partial charge in [-0.3, -0.25) is 14.5 Å². The number of nitrogens with zero attached hydrogens (tertiary/aromatic N) is 3. The molecular formula is C20H27F3N4O8. The lowest BCUT2D eigenvalue weighted by atomic mass is 10.0. The van der Waals surface area contributed by atoms with Crippen molar-refractivity contribution in [3.8, 4) is 0 Å². The van der Waals surface area contributed by atoms with Gasteiger partial charge in [-0.05, 0) is 33.3 Å². The van der Waals surface area contributed by atoms with Crippen molar-refractivity contribution in [3.63, 3.8) is 0 Å². The standard InChI is InChI=1S/C20H27F3N4O8/c1-10-5-11-7-25(17(31)27(11)35-14(21)16(29)30)13(10)15(28)24-33-8-12-6-20(22,23)9-26(12)18(32)34-19(2,3)4/h5,11-14H,6-9H2,1-4H3,(H,24,28)(H,29,30)/t11-,12?,13+,14-/m1/s1. The van der Waals surface area contributed by atoms with Gasteiger partial charge in [-0.25, -0.2) is 37.9 Å². The maximum absolute atomic E-state index is 14.0. The molecule has 12 nitrogen and oxygen atoms in total. The molecule has 0 saturated carbocycles. The minimum atomic E-state index is -3.16. The number of aliphatic carboxylic acids is 1. The van der Waals surface area contributed by atoms with E-state index in [2.05, 4.69) is 10.3 Å². The molecule has 2 saturated heterocycles. The smallest absolute Gasteiger partial charge is 0.410 e. The zero-order valence-electron chi connectivity index (χ0n) is 19.5. The molecule has 0 aromatic rings. The van der Waals surface area contributed by atoms with Crippen LogP contribution in [0.25, 0.3) is 0 Å². The zero-order chi connectivity index (χ0) is 26.3. The highest BCUT2D eigenvalue weighted by atomic mass is 19.3. The molecule has 2 bridgehead atoms. The Morgan fingerprint density at radius 1 is 1.31 bits per heavy atom. The number of hydrogen-bond donors (Lipinski definition) is 2. The van der Waals surface area contributed by atoms with Crippen LogP contribution in [0.2, 0.25) is 0 Å². The van der Waals surface area contributed by atoms with Gasteiger partial charge < -0.3 is 14.7 Å². The van der Waals surface area contributed by atoms with Crippen LogP contribution in [0.15, 0.2) is 11.6 Å². The Kier molecular flexibility index (Phi) is 7.22. The number of carboxylic acid groups (broad SMARTS) is 1. The molecule has 0 aromatic carbocycles. The van der Waals surface area contributed by atoms with E-state index >= 15 is 0 Å². The first kappa shape index (κ1) is 26.5. The quantitative estimate of drug-likeness (QED) is 0.389. The number of alkyl halides is 3. The molecule has 15 heteroatoms. The van der Waals surface area contributed by atoms with Crippen LogP contribution in [-0.2, 0) is 24.0 Å². The number of fused-ring (bicyclic) bond motifs is 2. The molecule has 4 atom stereocenters. The summed E-state index contributed by atoms with van der Waals surface area (Å²) in [6.07, 6.45) is -2.97. The molecule has 3 heterocycles. The van der Waals surface area contributed by atoms with Crippen LogP contribution in [0.1, 0.15) is 34.1 Å². The van der Waals surface area contributed by atoms with Crippen LogP contribution in [0.5, 0.6) is 0 Å². The fourth-order valence-corrected chi connectivity index (χ4v) is 4.06. The molecule has 3 rings (SSSR count). The SMILES string of the molecule is CC1=C[C@@H]2CN(C(=O)N2O[C@@H](F)C(=O)O)[C@@H]1C(=O)NOCC1CC(F)(F)CN1C(=O)OC(C)(C)C. The van der Waals surface area contributed by atoms with Gasteiger partial charge in [0.2, 0.25) is 0 Å². The number of hydrogen-bond acceptors (Lipinski definition) is 7. The number of halogens is 3. The topological polar surface area (TPSA) is 138 Å². The number of rotatable bonds is 7. The van der Waals surface area contributed by atoms with E-state index in [4.69, 9.17) is 14.7 Å². The maximum Gasteiger partial charge on any atom is 0.410 e. The number of likely N-dealkylation sites (tertiary alicyclic amines) is 1. The molecule has 196 valence electrons. The second kappa shape index (κ2) is 9.53. The summed E-state index contributed by atoms with van der Waals surface area (Å²) in [5.41, 5.74) is 1.57. The molecular weight excluding hydrogens is 481 g/mol. The van der Waals surface area contributed by atoms with E-state index in [1.807, 2.05) is 0 Å². The number of urea groups is 1. The first-order chi connectivity index (χ1) is 16.1. The molecule has 0 aromatic heterocycles. The average molecular weight is 508 g/mol. The van der Waals surface area contributed by atoms with Crippen molar-refractivity contribution in [2.24, 2.45) is 0 Å². The first-order valence-corrected chi connectivity index (χ1v) is 10.7. The molecule has 0 radical (unpaired) electrons. The summed E-state index contributed by atoms with van der Waals surface area (Å²) >= 11 is 0. The van der Waals surface area contributed by atoms with Crippen LogP contribution in [0, 0.1) is 0 Å². The molecule has 35 heavy (non-hydrogen) atoms. The summed E-state index contributed by atoms with van der Waals surface area (Å²) < 4.78 is 46.6. The highest BCUT2D eigenvalue weighted by Crippen LogP contribution is 2.33. The van der Waals surface area contributed by atoms with Crippen LogP contribution in [-0.4, -0.2) is 99.7 Å². The van der Waals surface area contributed by atoms with Crippen molar-refractivity contribution in [1.82, 2.24) is 20.3 Å². The highest BCUT2D eigenvalue weighted by molar-refractivity contribution is 5.91. The molecule has 2 N–H and O–H groups in total. The highest BCUT2D eigenvalue weighted by Gasteiger charge is 2.50. The van der Waals surface area contributed by atoms with Crippen molar-refractivity contribution in [2.45, 2.75) is 70.1 Å². The van der Waals surface area contributed by atoms with Crippen LogP contribution < -0.4 is 5.48 Å². The minimum absolute atomic E-state index is 0.0815. The van der Waals surface area contributed by atoms with Crippen molar-refractivity contribution < 1.29 is 51.9 Å². The largest absolute Gasteiger partial charge is 0.477 e. The lowest BCUT2D eigenvalue weighted by Crippen LogP contribution is -2.51. The number of carboxylic acids is 1. The van der Waals surface area contributed by atoms with Crippen LogP contribution >= 0.6 is 0 Å². The predicted molar refractivity (Wildman–Crippen MR) is 109 cm³/mol. The van der Waals surface area contributed by atoms with Crippen molar-refractivity contribution in [1.29, 1.82) is 0 Å². The van der Waals surface area contributed by atoms with Gasteiger partial charge in [-0.1, -0.05) is 6.08 Å². The van der Waals surface area contributed by atoms with Crippen LogP contribution in [0.3, 0.4) is 0 Å². The van der Waals surface area contributed by atoms with Crippen molar-refractivity contribution in [3.05, 3.63) is 11.6 Å². The number of amides is 4. The lowest BCUT2D eigenvalue weighted by molar-refractivity contribution is -0.219. The first-order valence-electron chi connectivity index (χ1n) is 10.7. The Labute approximate surface area is 198 Å². The Morgan fingerprint density at radius 3 is 2.57 bits per heavy atom. The van der Waals surface area contributed by atoms with E-state index in [0.29, 0.717) is 10.6 Å². The molecule has 3 aliphatic rings. The second-order valence-electron chi connectivity index (χ2n) is 9.50. The van der Waals surface area contributed by atoms with Gasteiger partial charge >= 0.3 is 24.5 Å². The Morgan fingerprint density at radius 2 is 1.97 bits per heavy atom. The third-order valence-corrected chi connectivity index (χ3v) is 5.42.